The number of carbonyl (C=O) groups excluding carboxylic acids is 1. The highest BCUT2D eigenvalue weighted by molar-refractivity contribution is 6.04. The average Bonchev–Trinajstić information content (AvgIpc) is 2.93. The minimum atomic E-state index is -0.339. The average molecular weight is 338 g/mol. The van der Waals surface area contributed by atoms with Crippen molar-refractivity contribution in [1.29, 1.82) is 0 Å². The molecule has 0 spiro atoms. The maximum Gasteiger partial charge on any atom is 0.184 e. The van der Waals surface area contributed by atoms with Gasteiger partial charge in [-0.05, 0) is 47.9 Å². The molecule has 0 saturated carbocycles. The number of ketones is 1. The second-order valence-electron chi connectivity index (χ2n) is 6.28. The first kappa shape index (κ1) is 16.8. The first-order valence-electron chi connectivity index (χ1n) is 8.05. The number of Topliss-reactive ketones (excluding diaryl/α,β-unsaturated/α-hetero) is 1. The van der Waals surface area contributed by atoms with Crippen molar-refractivity contribution in [3.8, 4) is 22.4 Å². The van der Waals surface area contributed by atoms with Gasteiger partial charge in [-0.15, -0.1) is 5.10 Å². The van der Waals surface area contributed by atoms with Crippen molar-refractivity contribution in [3.63, 3.8) is 0 Å². The van der Waals surface area contributed by atoms with E-state index in [0.717, 1.165) is 5.56 Å². The molecule has 2 heterocycles. The number of rotatable bonds is 5. The van der Waals surface area contributed by atoms with Crippen molar-refractivity contribution in [1.82, 2.24) is 14.9 Å². The van der Waals surface area contributed by atoms with Crippen molar-refractivity contribution in [2.45, 2.75) is 20.3 Å². The zero-order valence-electron chi connectivity index (χ0n) is 14.1. The van der Waals surface area contributed by atoms with Gasteiger partial charge in [0.15, 0.2) is 5.78 Å². The number of hydrogen-bond donors (Lipinski definition) is 1. The monoisotopic (exact) mass is 338 g/mol. The minimum absolute atomic E-state index is 0.0747. The molecule has 2 aromatic heterocycles. The lowest BCUT2D eigenvalue weighted by molar-refractivity contribution is 0.0963. The quantitative estimate of drug-likeness (QED) is 0.569. The van der Waals surface area contributed by atoms with E-state index in [2.05, 4.69) is 10.1 Å². The van der Waals surface area contributed by atoms with Crippen molar-refractivity contribution >= 4 is 5.78 Å². The maximum atomic E-state index is 13.3. The van der Waals surface area contributed by atoms with Crippen LogP contribution in [-0.4, -0.2) is 20.7 Å². The van der Waals surface area contributed by atoms with Gasteiger partial charge >= 0.3 is 0 Å². The molecular weight excluding hydrogens is 319 g/mol. The summed E-state index contributed by atoms with van der Waals surface area (Å²) in [6.45, 7) is 3.95. The van der Waals surface area contributed by atoms with Crippen molar-refractivity contribution in [2.24, 2.45) is 5.92 Å². The number of hydrogen-bond acceptors (Lipinski definition) is 4. The largest absolute Gasteiger partial charge is 0.323 e. The van der Waals surface area contributed by atoms with E-state index < -0.39 is 0 Å². The summed E-state index contributed by atoms with van der Waals surface area (Å²) in [6.07, 6.45) is 3.67. The number of nitrogens with zero attached hydrogens (tertiary/aromatic N) is 3. The summed E-state index contributed by atoms with van der Waals surface area (Å²) >= 11 is 0. The highest BCUT2D eigenvalue weighted by Gasteiger charge is 2.25. The SMILES string of the molecule is CC(C)CC(=O)c1nn(N)c(-c2ccc(F)cc2)c1-c1ccncc1. The molecule has 0 fully saturated rings. The molecule has 0 unspecified atom stereocenters. The molecule has 25 heavy (non-hydrogen) atoms. The van der Waals surface area contributed by atoms with E-state index in [9.17, 15) is 9.18 Å². The summed E-state index contributed by atoms with van der Waals surface area (Å²) in [6, 6.07) is 9.56. The fourth-order valence-electron chi connectivity index (χ4n) is 2.77. The van der Waals surface area contributed by atoms with Crippen LogP contribution in [0.5, 0.6) is 0 Å². The molecule has 0 aliphatic rings. The molecule has 3 aromatic rings. The fraction of sp³-hybridized carbons (Fsp3) is 0.211. The molecule has 0 atom stereocenters. The van der Waals surface area contributed by atoms with Gasteiger partial charge in [0.05, 0.1) is 0 Å². The van der Waals surface area contributed by atoms with Crippen molar-refractivity contribution < 1.29 is 9.18 Å². The summed E-state index contributed by atoms with van der Waals surface area (Å²) < 4.78 is 13.3. The van der Waals surface area contributed by atoms with Crippen LogP contribution in [0.3, 0.4) is 0 Å². The minimum Gasteiger partial charge on any atom is -0.323 e. The molecule has 128 valence electrons. The molecule has 0 aliphatic carbocycles. The van der Waals surface area contributed by atoms with Crippen LogP contribution < -0.4 is 5.84 Å². The number of nitrogens with two attached hydrogens (primary N) is 1. The highest BCUT2D eigenvalue weighted by Crippen LogP contribution is 2.35. The summed E-state index contributed by atoms with van der Waals surface area (Å²) in [4.78, 5) is 17.9. The fourth-order valence-corrected chi connectivity index (χ4v) is 2.77. The topological polar surface area (TPSA) is 73.8 Å². The van der Waals surface area contributed by atoms with E-state index in [-0.39, 0.29) is 17.5 Å². The van der Waals surface area contributed by atoms with Gasteiger partial charge in [0.1, 0.15) is 17.2 Å². The first-order chi connectivity index (χ1) is 12.0. The van der Waals surface area contributed by atoms with E-state index in [1.807, 2.05) is 13.8 Å². The van der Waals surface area contributed by atoms with E-state index in [1.165, 1.54) is 16.9 Å². The Bertz CT molecular complexity index is 886. The van der Waals surface area contributed by atoms with Crippen LogP contribution in [-0.2, 0) is 0 Å². The molecule has 5 nitrogen and oxygen atoms in total. The van der Waals surface area contributed by atoms with E-state index in [1.54, 1.807) is 36.7 Å². The van der Waals surface area contributed by atoms with Crippen LogP contribution in [0.4, 0.5) is 4.39 Å². The van der Waals surface area contributed by atoms with Gasteiger partial charge in [0.25, 0.3) is 0 Å². The Morgan fingerprint density at radius 3 is 2.36 bits per heavy atom. The van der Waals surface area contributed by atoms with Crippen molar-refractivity contribution in [2.75, 3.05) is 5.84 Å². The second kappa shape index (κ2) is 6.84. The van der Waals surface area contributed by atoms with Gasteiger partial charge in [0, 0.05) is 29.9 Å². The van der Waals surface area contributed by atoms with Crippen molar-refractivity contribution in [3.05, 3.63) is 60.3 Å². The maximum absolute atomic E-state index is 13.3. The molecule has 3 rings (SSSR count). The zero-order chi connectivity index (χ0) is 18.0. The number of halogens is 1. The Labute approximate surface area is 145 Å². The van der Waals surface area contributed by atoms with Crippen LogP contribution >= 0.6 is 0 Å². The molecule has 0 saturated heterocycles. The predicted octanol–water partition coefficient (Wildman–Crippen LogP) is 3.69. The molecular formula is C19H19FN4O. The van der Waals surface area contributed by atoms with Gasteiger partial charge in [-0.2, -0.15) is 4.79 Å². The molecule has 2 N–H and O–H groups in total. The smallest absolute Gasteiger partial charge is 0.184 e. The van der Waals surface area contributed by atoms with E-state index in [4.69, 9.17) is 5.84 Å². The predicted molar refractivity (Wildman–Crippen MR) is 94.8 cm³/mol. The van der Waals surface area contributed by atoms with Crippen LogP contribution in [0, 0.1) is 11.7 Å². The molecule has 0 amide bonds. The first-order valence-corrected chi connectivity index (χ1v) is 8.05. The van der Waals surface area contributed by atoms with Gasteiger partial charge in [-0.25, -0.2) is 4.39 Å². The number of benzene rings is 1. The van der Waals surface area contributed by atoms with Crippen LogP contribution in [0.2, 0.25) is 0 Å². The van der Waals surface area contributed by atoms with Crippen LogP contribution in [0.25, 0.3) is 22.4 Å². The van der Waals surface area contributed by atoms with Crippen LogP contribution in [0.1, 0.15) is 30.8 Å². The zero-order valence-corrected chi connectivity index (χ0v) is 14.1. The summed E-state index contributed by atoms with van der Waals surface area (Å²) in [5.41, 5.74) is 3.01. The lowest BCUT2D eigenvalue weighted by atomic mass is 9.95. The third-order valence-corrected chi connectivity index (χ3v) is 3.85. The normalized spacial score (nSPS) is 11.0. The lowest BCUT2D eigenvalue weighted by Crippen LogP contribution is -2.13. The highest BCUT2D eigenvalue weighted by atomic mass is 19.1. The summed E-state index contributed by atoms with van der Waals surface area (Å²) in [7, 11) is 0. The van der Waals surface area contributed by atoms with Gasteiger partial charge in [0.2, 0.25) is 0 Å². The Kier molecular flexibility index (Phi) is 4.61. The number of carbonyl (C=O) groups is 1. The number of nitrogen functional groups attached to an aromatic ring is 1. The standard InChI is InChI=1S/C19H19FN4O/c1-12(2)11-16(25)18-17(13-7-9-22-10-8-13)19(24(21)23-18)14-3-5-15(20)6-4-14/h3-10,12H,11,21H2,1-2H3. The molecule has 0 bridgehead atoms. The van der Waals surface area contributed by atoms with Gasteiger partial charge in [-0.1, -0.05) is 13.8 Å². The van der Waals surface area contributed by atoms with E-state index >= 15 is 0 Å². The molecule has 0 radical (unpaired) electrons. The Morgan fingerprint density at radius 2 is 1.76 bits per heavy atom. The van der Waals surface area contributed by atoms with Gasteiger partial charge in [-0.3, -0.25) is 9.78 Å². The van der Waals surface area contributed by atoms with E-state index in [0.29, 0.717) is 28.9 Å². The van der Waals surface area contributed by atoms with Crippen LogP contribution in [0.15, 0.2) is 48.8 Å². The Morgan fingerprint density at radius 1 is 1.12 bits per heavy atom. The van der Waals surface area contributed by atoms with Gasteiger partial charge < -0.3 is 5.84 Å². The Balaban J connectivity index is 2.22. The second-order valence-corrected chi connectivity index (χ2v) is 6.28. The Hall–Kier alpha value is -3.02. The molecule has 6 heteroatoms. The third-order valence-electron chi connectivity index (χ3n) is 3.85. The third kappa shape index (κ3) is 3.42. The number of aromatic nitrogens is 3. The number of pyridine rings is 1. The lowest BCUT2D eigenvalue weighted by Gasteiger charge is -2.08. The summed E-state index contributed by atoms with van der Waals surface area (Å²) in [5, 5.41) is 4.27. The molecule has 1 aromatic carbocycles. The summed E-state index contributed by atoms with van der Waals surface area (Å²) in [5.74, 6) is 5.85. The molecule has 0 aliphatic heterocycles.